The number of anilines is 1. The molecular formula is C13H15N3O3S. The van der Waals surface area contributed by atoms with E-state index < -0.39 is 4.92 Å². The lowest BCUT2D eigenvalue weighted by Gasteiger charge is -2.10. The fourth-order valence-electron chi connectivity index (χ4n) is 1.75. The summed E-state index contributed by atoms with van der Waals surface area (Å²) in [4.78, 5) is 14.8. The highest BCUT2D eigenvalue weighted by molar-refractivity contribution is 7.14. The molecule has 1 atom stereocenters. The SMILES string of the molecule is COC[C@@H](C)Nc1nc(-c2cccc([N+](=O)[O-])c2)cs1. The first-order valence-corrected chi connectivity index (χ1v) is 6.94. The summed E-state index contributed by atoms with van der Waals surface area (Å²) in [5.41, 5.74) is 1.53. The van der Waals surface area contributed by atoms with Crippen LogP contribution in [-0.4, -0.2) is 29.7 Å². The lowest BCUT2D eigenvalue weighted by Crippen LogP contribution is -2.20. The van der Waals surface area contributed by atoms with Crippen molar-refractivity contribution in [2.24, 2.45) is 0 Å². The fraction of sp³-hybridized carbons (Fsp3) is 0.308. The van der Waals surface area contributed by atoms with Gasteiger partial charge < -0.3 is 10.1 Å². The maximum atomic E-state index is 10.8. The van der Waals surface area contributed by atoms with E-state index in [9.17, 15) is 10.1 Å². The summed E-state index contributed by atoms with van der Waals surface area (Å²) in [6.45, 7) is 2.59. The van der Waals surface area contributed by atoms with Crippen molar-refractivity contribution in [3.8, 4) is 11.3 Å². The number of nitrogens with one attached hydrogen (secondary N) is 1. The van der Waals surface area contributed by atoms with Crippen LogP contribution in [0.5, 0.6) is 0 Å². The van der Waals surface area contributed by atoms with Crippen LogP contribution in [0.25, 0.3) is 11.3 Å². The number of benzene rings is 1. The van der Waals surface area contributed by atoms with Gasteiger partial charge in [-0.05, 0) is 6.92 Å². The Morgan fingerprint density at radius 2 is 2.35 bits per heavy atom. The van der Waals surface area contributed by atoms with Gasteiger partial charge in [0.15, 0.2) is 5.13 Å². The lowest BCUT2D eigenvalue weighted by molar-refractivity contribution is -0.384. The topological polar surface area (TPSA) is 77.3 Å². The van der Waals surface area contributed by atoms with Crippen LogP contribution >= 0.6 is 11.3 Å². The van der Waals surface area contributed by atoms with Gasteiger partial charge in [-0.1, -0.05) is 12.1 Å². The second kappa shape index (κ2) is 6.44. The molecule has 0 aliphatic rings. The molecule has 0 aliphatic heterocycles. The van der Waals surface area contributed by atoms with Crippen LogP contribution < -0.4 is 5.32 Å². The summed E-state index contributed by atoms with van der Waals surface area (Å²) < 4.78 is 5.05. The van der Waals surface area contributed by atoms with Crippen molar-refractivity contribution >= 4 is 22.2 Å². The monoisotopic (exact) mass is 293 g/mol. The number of rotatable bonds is 6. The van der Waals surface area contributed by atoms with Gasteiger partial charge in [0, 0.05) is 36.2 Å². The summed E-state index contributed by atoms with van der Waals surface area (Å²) in [6.07, 6.45) is 0. The molecule has 6 nitrogen and oxygen atoms in total. The second-order valence-electron chi connectivity index (χ2n) is 4.35. The highest BCUT2D eigenvalue weighted by Gasteiger charge is 2.11. The van der Waals surface area contributed by atoms with Gasteiger partial charge in [-0.3, -0.25) is 10.1 Å². The highest BCUT2D eigenvalue weighted by Crippen LogP contribution is 2.27. The summed E-state index contributed by atoms with van der Waals surface area (Å²) in [6, 6.07) is 6.62. The molecule has 2 rings (SSSR count). The predicted octanol–water partition coefficient (Wildman–Crippen LogP) is 3.17. The van der Waals surface area contributed by atoms with Gasteiger partial charge in [-0.2, -0.15) is 0 Å². The molecule has 1 heterocycles. The molecule has 1 aromatic carbocycles. The molecule has 0 spiro atoms. The van der Waals surface area contributed by atoms with E-state index in [4.69, 9.17) is 4.74 Å². The molecule has 1 N–H and O–H groups in total. The molecule has 7 heteroatoms. The van der Waals surface area contributed by atoms with Crippen molar-refractivity contribution in [1.29, 1.82) is 0 Å². The molecule has 0 saturated carbocycles. The number of aromatic nitrogens is 1. The van der Waals surface area contributed by atoms with Gasteiger partial charge in [-0.25, -0.2) is 4.98 Å². The molecule has 2 aromatic rings. The standard InChI is InChI=1S/C13H15N3O3S/c1-9(7-19-2)14-13-15-12(8-20-13)10-4-3-5-11(6-10)16(17)18/h3-6,8-9H,7H2,1-2H3,(H,14,15)/t9-/m1/s1. The first kappa shape index (κ1) is 14.4. The van der Waals surface area contributed by atoms with Crippen molar-refractivity contribution in [2.45, 2.75) is 13.0 Å². The van der Waals surface area contributed by atoms with Crippen molar-refractivity contribution in [2.75, 3.05) is 19.0 Å². The van der Waals surface area contributed by atoms with E-state index in [2.05, 4.69) is 10.3 Å². The number of hydrogen-bond acceptors (Lipinski definition) is 6. The van der Waals surface area contributed by atoms with Crippen molar-refractivity contribution < 1.29 is 9.66 Å². The third kappa shape index (κ3) is 3.52. The van der Waals surface area contributed by atoms with E-state index in [-0.39, 0.29) is 11.7 Å². The van der Waals surface area contributed by atoms with E-state index in [0.29, 0.717) is 6.61 Å². The molecule has 20 heavy (non-hydrogen) atoms. The lowest BCUT2D eigenvalue weighted by atomic mass is 10.1. The molecule has 106 valence electrons. The number of non-ortho nitro benzene ring substituents is 1. The summed E-state index contributed by atoms with van der Waals surface area (Å²) in [5.74, 6) is 0. The fourth-order valence-corrected chi connectivity index (χ4v) is 2.59. The smallest absolute Gasteiger partial charge is 0.270 e. The summed E-state index contributed by atoms with van der Waals surface area (Å²) >= 11 is 1.47. The van der Waals surface area contributed by atoms with Crippen molar-refractivity contribution in [1.82, 2.24) is 4.98 Å². The number of nitro groups is 1. The molecular weight excluding hydrogens is 278 g/mol. The zero-order valence-corrected chi connectivity index (χ0v) is 12.0. The van der Waals surface area contributed by atoms with Crippen LogP contribution in [0, 0.1) is 10.1 Å². The van der Waals surface area contributed by atoms with Gasteiger partial charge in [0.05, 0.1) is 17.2 Å². The Hall–Kier alpha value is -1.99. The maximum absolute atomic E-state index is 10.8. The molecule has 0 radical (unpaired) electrons. The quantitative estimate of drug-likeness (QED) is 0.654. The van der Waals surface area contributed by atoms with Crippen molar-refractivity contribution in [3.63, 3.8) is 0 Å². The number of nitro benzene ring substituents is 1. The van der Waals surface area contributed by atoms with Gasteiger partial charge in [-0.15, -0.1) is 11.3 Å². The molecule has 0 saturated heterocycles. The van der Waals surface area contributed by atoms with Crippen molar-refractivity contribution in [3.05, 3.63) is 39.8 Å². The Balaban J connectivity index is 2.16. The zero-order chi connectivity index (χ0) is 14.5. The Morgan fingerprint density at radius 3 is 3.05 bits per heavy atom. The van der Waals surface area contributed by atoms with E-state index in [1.165, 1.54) is 23.5 Å². The van der Waals surface area contributed by atoms with Crippen LogP contribution in [0.15, 0.2) is 29.6 Å². The minimum absolute atomic E-state index is 0.0674. The largest absolute Gasteiger partial charge is 0.383 e. The van der Waals surface area contributed by atoms with E-state index in [1.807, 2.05) is 18.4 Å². The average Bonchev–Trinajstić information content (AvgIpc) is 2.87. The van der Waals surface area contributed by atoms with Crippen LogP contribution in [0.1, 0.15) is 6.92 Å². The number of nitrogens with zero attached hydrogens (tertiary/aromatic N) is 2. The number of hydrogen-bond donors (Lipinski definition) is 1. The highest BCUT2D eigenvalue weighted by atomic mass is 32.1. The number of thiazole rings is 1. The minimum atomic E-state index is -0.407. The van der Waals surface area contributed by atoms with Gasteiger partial charge in [0.1, 0.15) is 0 Å². The maximum Gasteiger partial charge on any atom is 0.270 e. The normalized spacial score (nSPS) is 12.1. The number of ether oxygens (including phenoxy) is 1. The van der Waals surface area contributed by atoms with E-state index >= 15 is 0 Å². The summed E-state index contributed by atoms with van der Waals surface area (Å²) in [7, 11) is 1.65. The van der Waals surface area contributed by atoms with Gasteiger partial charge in [0.2, 0.25) is 0 Å². The Kier molecular flexibility index (Phi) is 4.65. The van der Waals surface area contributed by atoms with Crippen LogP contribution in [0.4, 0.5) is 10.8 Å². The van der Waals surface area contributed by atoms with Crippen LogP contribution in [-0.2, 0) is 4.74 Å². The molecule has 0 amide bonds. The predicted molar refractivity (Wildman–Crippen MR) is 79.2 cm³/mol. The molecule has 0 unspecified atom stereocenters. The Bertz CT molecular complexity index is 600. The minimum Gasteiger partial charge on any atom is -0.383 e. The Morgan fingerprint density at radius 1 is 1.55 bits per heavy atom. The second-order valence-corrected chi connectivity index (χ2v) is 5.20. The first-order chi connectivity index (χ1) is 9.60. The third-order valence-corrected chi connectivity index (χ3v) is 3.42. The van der Waals surface area contributed by atoms with Crippen LogP contribution in [0.3, 0.4) is 0 Å². The van der Waals surface area contributed by atoms with E-state index in [0.717, 1.165) is 16.4 Å². The molecule has 0 fully saturated rings. The zero-order valence-electron chi connectivity index (χ0n) is 11.2. The van der Waals surface area contributed by atoms with Gasteiger partial charge >= 0.3 is 0 Å². The molecule has 1 aromatic heterocycles. The first-order valence-electron chi connectivity index (χ1n) is 6.06. The Labute approximate surface area is 120 Å². The van der Waals surface area contributed by atoms with E-state index in [1.54, 1.807) is 13.2 Å². The third-order valence-electron chi connectivity index (χ3n) is 2.64. The average molecular weight is 293 g/mol. The summed E-state index contributed by atoms with van der Waals surface area (Å²) in [5, 5.41) is 16.6. The van der Waals surface area contributed by atoms with Crippen LogP contribution in [0.2, 0.25) is 0 Å². The molecule has 0 bridgehead atoms. The number of methoxy groups -OCH3 is 1. The van der Waals surface area contributed by atoms with Gasteiger partial charge in [0.25, 0.3) is 5.69 Å². The molecule has 0 aliphatic carbocycles.